The molecule has 0 saturated carbocycles. The van der Waals surface area contributed by atoms with Gasteiger partial charge >= 0.3 is 0 Å². The minimum Gasteiger partial charge on any atom is -0.398 e. The summed E-state index contributed by atoms with van der Waals surface area (Å²) in [6.07, 6.45) is 5.28. The van der Waals surface area contributed by atoms with Crippen molar-refractivity contribution < 1.29 is 0 Å². The number of imidazole rings is 1. The van der Waals surface area contributed by atoms with Gasteiger partial charge in [-0.25, -0.2) is 9.97 Å². The topological polar surface area (TPSA) is 56.7 Å². The predicted molar refractivity (Wildman–Crippen MR) is 58.2 cm³/mol. The zero-order valence-corrected chi connectivity index (χ0v) is 9.19. The Kier molecular flexibility index (Phi) is 2.25. The van der Waals surface area contributed by atoms with Crippen molar-refractivity contribution in [3.63, 3.8) is 0 Å². The van der Waals surface area contributed by atoms with E-state index in [0.29, 0.717) is 5.69 Å². The molecular weight excluding hydrogens is 244 g/mol. The van der Waals surface area contributed by atoms with Crippen LogP contribution in [0.25, 0.3) is 5.82 Å². The third-order valence-corrected chi connectivity index (χ3v) is 2.67. The molecule has 2 aromatic rings. The first kappa shape index (κ1) is 9.21. The van der Waals surface area contributed by atoms with Gasteiger partial charge in [0.25, 0.3) is 0 Å². The van der Waals surface area contributed by atoms with E-state index >= 15 is 0 Å². The molecule has 2 N–H and O–H groups in total. The van der Waals surface area contributed by atoms with Gasteiger partial charge in [-0.3, -0.25) is 4.57 Å². The SMILES string of the molecule is Cc1cn(-c2nccc(N)c2Br)cn1. The van der Waals surface area contributed by atoms with Crippen LogP contribution in [-0.4, -0.2) is 14.5 Å². The quantitative estimate of drug-likeness (QED) is 0.844. The Labute approximate surface area is 89.9 Å². The van der Waals surface area contributed by atoms with E-state index in [1.807, 2.05) is 17.7 Å². The molecule has 5 heteroatoms. The summed E-state index contributed by atoms with van der Waals surface area (Å²) in [5.41, 5.74) is 7.36. The van der Waals surface area contributed by atoms with Gasteiger partial charge in [0.15, 0.2) is 5.82 Å². The van der Waals surface area contributed by atoms with E-state index in [4.69, 9.17) is 5.73 Å². The van der Waals surface area contributed by atoms with E-state index in [-0.39, 0.29) is 0 Å². The van der Waals surface area contributed by atoms with Crippen LogP contribution < -0.4 is 5.73 Å². The summed E-state index contributed by atoms with van der Waals surface area (Å²) in [5, 5.41) is 0. The minimum atomic E-state index is 0.668. The molecule has 0 aliphatic rings. The number of aryl methyl sites for hydroxylation is 1. The van der Waals surface area contributed by atoms with E-state index in [2.05, 4.69) is 25.9 Å². The molecule has 0 radical (unpaired) electrons. The summed E-state index contributed by atoms with van der Waals surface area (Å²) in [5.74, 6) is 0.755. The first-order valence-corrected chi connectivity index (χ1v) is 4.88. The predicted octanol–water partition coefficient (Wildman–Crippen LogP) is 1.92. The second kappa shape index (κ2) is 3.42. The van der Waals surface area contributed by atoms with Crippen LogP contribution in [0.4, 0.5) is 5.69 Å². The number of nitrogens with two attached hydrogens (primary N) is 1. The van der Waals surface area contributed by atoms with E-state index in [1.54, 1.807) is 18.6 Å². The van der Waals surface area contributed by atoms with Crippen LogP contribution in [0.3, 0.4) is 0 Å². The van der Waals surface area contributed by atoms with Crippen molar-refractivity contribution in [2.75, 3.05) is 5.73 Å². The second-order valence-corrected chi connectivity index (χ2v) is 3.75. The Balaban J connectivity index is 2.57. The lowest BCUT2D eigenvalue weighted by Gasteiger charge is -2.05. The van der Waals surface area contributed by atoms with Crippen LogP contribution >= 0.6 is 15.9 Å². The summed E-state index contributed by atoms with van der Waals surface area (Å²) >= 11 is 3.39. The number of hydrogen-bond acceptors (Lipinski definition) is 3. The number of rotatable bonds is 1. The first-order valence-electron chi connectivity index (χ1n) is 4.09. The average molecular weight is 253 g/mol. The smallest absolute Gasteiger partial charge is 0.154 e. The summed E-state index contributed by atoms with van der Waals surface area (Å²) in [4.78, 5) is 8.34. The standard InChI is InChI=1S/C9H9BrN4/c1-6-4-14(5-13-6)9-8(10)7(11)2-3-12-9/h2-5H,1H3,(H2,11,12). The summed E-state index contributed by atoms with van der Waals surface area (Å²) in [7, 11) is 0. The molecule has 0 unspecified atom stereocenters. The number of anilines is 1. The monoisotopic (exact) mass is 252 g/mol. The molecule has 0 bridgehead atoms. The number of nitrogen functional groups attached to an aromatic ring is 1. The molecule has 0 aliphatic heterocycles. The highest BCUT2D eigenvalue weighted by atomic mass is 79.9. The minimum absolute atomic E-state index is 0.668. The van der Waals surface area contributed by atoms with Crippen molar-refractivity contribution in [1.29, 1.82) is 0 Å². The van der Waals surface area contributed by atoms with Gasteiger partial charge in [0.05, 0.1) is 15.9 Å². The Morgan fingerprint density at radius 3 is 2.86 bits per heavy atom. The molecule has 0 fully saturated rings. The molecular formula is C9H9BrN4. The normalized spacial score (nSPS) is 10.4. The van der Waals surface area contributed by atoms with E-state index in [9.17, 15) is 0 Å². The van der Waals surface area contributed by atoms with Crippen molar-refractivity contribution in [1.82, 2.24) is 14.5 Å². The van der Waals surface area contributed by atoms with Gasteiger partial charge in [-0.15, -0.1) is 0 Å². The van der Waals surface area contributed by atoms with Gasteiger partial charge in [0.1, 0.15) is 6.33 Å². The molecule has 0 aliphatic carbocycles. The fourth-order valence-electron chi connectivity index (χ4n) is 1.16. The van der Waals surface area contributed by atoms with Crippen LogP contribution in [0.5, 0.6) is 0 Å². The van der Waals surface area contributed by atoms with Crippen molar-refractivity contribution in [3.05, 3.63) is 35.0 Å². The number of hydrogen-bond donors (Lipinski definition) is 1. The highest BCUT2D eigenvalue weighted by molar-refractivity contribution is 9.10. The van der Waals surface area contributed by atoms with Crippen LogP contribution in [-0.2, 0) is 0 Å². The molecule has 2 heterocycles. The summed E-state index contributed by atoms with van der Waals surface area (Å²) in [6, 6.07) is 1.75. The van der Waals surface area contributed by atoms with Gasteiger partial charge in [-0.2, -0.15) is 0 Å². The molecule has 0 amide bonds. The molecule has 0 saturated heterocycles. The molecule has 4 nitrogen and oxygen atoms in total. The number of nitrogens with zero attached hydrogens (tertiary/aromatic N) is 3. The van der Waals surface area contributed by atoms with Crippen molar-refractivity contribution in [3.8, 4) is 5.82 Å². The maximum atomic E-state index is 5.74. The van der Waals surface area contributed by atoms with Crippen LogP contribution in [0, 0.1) is 6.92 Å². The Morgan fingerprint density at radius 2 is 2.21 bits per heavy atom. The zero-order valence-electron chi connectivity index (χ0n) is 7.61. The molecule has 0 atom stereocenters. The fourth-order valence-corrected chi connectivity index (χ4v) is 1.60. The Bertz CT molecular complexity index is 464. The Hall–Kier alpha value is -1.36. The van der Waals surface area contributed by atoms with E-state index in [0.717, 1.165) is 16.0 Å². The van der Waals surface area contributed by atoms with Crippen molar-refractivity contribution in [2.45, 2.75) is 6.92 Å². The van der Waals surface area contributed by atoms with Crippen LogP contribution in [0.1, 0.15) is 5.69 Å². The highest BCUT2D eigenvalue weighted by Crippen LogP contribution is 2.24. The molecule has 72 valence electrons. The molecule has 2 rings (SSSR count). The van der Waals surface area contributed by atoms with Gasteiger partial charge in [-0.05, 0) is 28.9 Å². The van der Waals surface area contributed by atoms with Gasteiger partial charge in [-0.1, -0.05) is 0 Å². The third-order valence-electron chi connectivity index (χ3n) is 1.86. The van der Waals surface area contributed by atoms with Crippen molar-refractivity contribution >= 4 is 21.6 Å². The van der Waals surface area contributed by atoms with E-state index < -0.39 is 0 Å². The Morgan fingerprint density at radius 1 is 1.43 bits per heavy atom. The number of pyridine rings is 1. The lowest BCUT2D eigenvalue weighted by molar-refractivity contribution is 0.985. The fraction of sp³-hybridized carbons (Fsp3) is 0.111. The summed E-state index contributed by atoms with van der Waals surface area (Å²) < 4.78 is 2.62. The zero-order chi connectivity index (χ0) is 10.1. The number of aromatic nitrogens is 3. The van der Waals surface area contributed by atoms with Gasteiger partial charge in [0, 0.05) is 12.4 Å². The van der Waals surface area contributed by atoms with Crippen LogP contribution in [0.2, 0.25) is 0 Å². The number of halogens is 1. The van der Waals surface area contributed by atoms with Gasteiger partial charge < -0.3 is 5.73 Å². The van der Waals surface area contributed by atoms with E-state index in [1.165, 1.54) is 0 Å². The summed E-state index contributed by atoms with van der Waals surface area (Å²) in [6.45, 7) is 1.93. The second-order valence-electron chi connectivity index (χ2n) is 2.96. The third kappa shape index (κ3) is 1.50. The largest absolute Gasteiger partial charge is 0.398 e. The molecule has 2 aromatic heterocycles. The average Bonchev–Trinajstić information content (AvgIpc) is 2.57. The molecule has 0 spiro atoms. The lowest BCUT2D eigenvalue weighted by atomic mass is 10.4. The first-order chi connectivity index (χ1) is 6.68. The molecule has 0 aromatic carbocycles. The van der Waals surface area contributed by atoms with Crippen LogP contribution in [0.15, 0.2) is 29.3 Å². The van der Waals surface area contributed by atoms with Gasteiger partial charge in [0.2, 0.25) is 0 Å². The maximum Gasteiger partial charge on any atom is 0.154 e. The molecule has 14 heavy (non-hydrogen) atoms. The maximum absolute atomic E-state index is 5.74. The lowest BCUT2D eigenvalue weighted by Crippen LogP contribution is -1.98. The highest BCUT2D eigenvalue weighted by Gasteiger charge is 2.06. The van der Waals surface area contributed by atoms with Crippen molar-refractivity contribution in [2.24, 2.45) is 0 Å².